The summed E-state index contributed by atoms with van der Waals surface area (Å²) in [4.78, 5) is 51.8. The molecule has 0 N–H and O–H groups in total. The van der Waals surface area contributed by atoms with Crippen LogP contribution >= 0.6 is 0 Å². The molecule has 1 aliphatic heterocycles. The highest BCUT2D eigenvalue weighted by Crippen LogP contribution is 2.23. The van der Waals surface area contributed by atoms with E-state index in [1.807, 2.05) is 55.5 Å². The molecule has 1 saturated heterocycles. The van der Waals surface area contributed by atoms with Gasteiger partial charge in [-0.05, 0) is 26.0 Å². The maximum Gasteiger partial charge on any atom is 0.342 e. The predicted octanol–water partition coefficient (Wildman–Crippen LogP) is 3.55. The average Bonchev–Trinajstić information content (AvgIpc) is 2.94. The molecule has 0 radical (unpaired) electrons. The Morgan fingerprint density at radius 2 is 1.71 bits per heavy atom. The molecular weight excluding hydrogens is 484 g/mol. The quantitative estimate of drug-likeness (QED) is 0.335. The van der Waals surface area contributed by atoms with Crippen molar-refractivity contribution in [1.82, 2.24) is 19.8 Å². The predicted molar refractivity (Wildman–Crippen MR) is 142 cm³/mol. The molecule has 9 heteroatoms. The van der Waals surface area contributed by atoms with Crippen molar-refractivity contribution in [3.63, 3.8) is 0 Å². The fraction of sp³-hybridized carbons (Fsp3) is 0.276. The number of carbonyl (C=O) groups is 3. The fourth-order valence-electron chi connectivity index (χ4n) is 4.30. The fourth-order valence-corrected chi connectivity index (χ4v) is 4.30. The van der Waals surface area contributed by atoms with Gasteiger partial charge in [0.25, 0.3) is 11.8 Å². The second kappa shape index (κ2) is 12.1. The van der Waals surface area contributed by atoms with E-state index in [1.165, 1.54) is 6.08 Å². The molecule has 2 aromatic carbocycles. The molecule has 1 fully saturated rings. The molecule has 0 bridgehead atoms. The zero-order valence-corrected chi connectivity index (χ0v) is 21.5. The van der Waals surface area contributed by atoms with Crippen LogP contribution in [0.1, 0.15) is 33.5 Å². The van der Waals surface area contributed by atoms with Crippen molar-refractivity contribution in [2.75, 3.05) is 32.8 Å². The summed E-state index contributed by atoms with van der Waals surface area (Å²) in [5, 5.41) is 0. The largest absolute Gasteiger partial charge is 0.484 e. The van der Waals surface area contributed by atoms with E-state index in [4.69, 9.17) is 9.47 Å². The monoisotopic (exact) mass is 514 g/mol. The molecule has 2 heterocycles. The molecule has 0 spiro atoms. The number of aryl methyl sites for hydroxylation is 1. The number of piperazine rings is 1. The van der Waals surface area contributed by atoms with E-state index in [2.05, 4.69) is 16.5 Å². The van der Waals surface area contributed by atoms with Crippen molar-refractivity contribution in [2.45, 2.75) is 19.9 Å². The van der Waals surface area contributed by atoms with Crippen LogP contribution < -0.4 is 4.74 Å². The minimum absolute atomic E-state index is 0.00475. The number of hydrogen-bond acceptors (Lipinski definition) is 7. The Hall–Kier alpha value is -4.53. The number of aromatic nitrogens is 2. The Bertz CT molecular complexity index is 1310. The number of rotatable bonds is 8. The smallest absolute Gasteiger partial charge is 0.342 e. The third-order valence-electron chi connectivity index (χ3n) is 6.20. The van der Waals surface area contributed by atoms with Crippen LogP contribution in [0.2, 0.25) is 0 Å². The summed E-state index contributed by atoms with van der Waals surface area (Å²) in [6, 6.07) is 18.1. The van der Waals surface area contributed by atoms with Crippen molar-refractivity contribution in [2.24, 2.45) is 0 Å². The van der Waals surface area contributed by atoms with E-state index in [0.29, 0.717) is 23.8 Å². The van der Waals surface area contributed by atoms with E-state index < -0.39 is 11.9 Å². The Balaban J connectivity index is 1.54. The van der Waals surface area contributed by atoms with Gasteiger partial charge in [0.2, 0.25) is 0 Å². The second-order valence-electron chi connectivity index (χ2n) is 8.90. The van der Waals surface area contributed by atoms with Gasteiger partial charge in [-0.3, -0.25) is 9.59 Å². The van der Waals surface area contributed by atoms with Gasteiger partial charge in [-0.15, -0.1) is 0 Å². The van der Waals surface area contributed by atoms with Gasteiger partial charge < -0.3 is 19.3 Å². The minimum Gasteiger partial charge on any atom is -0.484 e. The summed E-state index contributed by atoms with van der Waals surface area (Å²) in [5.74, 6) is -0.312. The lowest BCUT2D eigenvalue weighted by atomic mass is 10.1. The summed E-state index contributed by atoms with van der Waals surface area (Å²) in [6.45, 7) is 7.89. The summed E-state index contributed by atoms with van der Waals surface area (Å²) in [5.41, 5.74) is 1.07. The first kappa shape index (κ1) is 26.5. The van der Waals surface area contributed by atoms with Crippen molar-refractivity contribution in [1.29, 1.82) is 0 Å². The second-order valence-corrected chi connectivity index (χ2v) is 8.90. The Labute approximate surface area is 221 Å². The van der Waals surface area contributed by atoms with Crippen LogP contribution in [-0.2, 0) is 9.53 Å². The molecule has 0 saturated carbocycles. The molecule has 1 aromatic heterocycles. The first-order valence-corrected chi connectivity index (χ1v) is 12.4. The molecule has 1 unspecified atom stereocenters. The van der Waals surface area contributed by atoms with Gasteiger partial charge in [-0.2, -0.15) is 0 Å². The van der Waals surface area contributed by atoms with Crippen molar-refractivity contribution < 1.29 is 23.9 Å². The Morgan fingerprint density at radius 1 is 1.03 bits per heavy atom. The number of benzene rings is 2. The number of nitrogens with zero attached hydrogens (tertiary/aromatic N) is 4. The van der Waals surface area contributed by atoms with Crippen LogP contribution in [-0.4, -0.2) is 76.4 Å². The summed E-state index contributed by atoms with van der Waals surface area (Å²) in [6.07, 6.45) is 1.45. The standard InChI is InChI=1S/C29H30N4O5/c1-4-17-37-29(36)25-21(3)30-27(22-11-7-5-8-12-22)31-26(25)28(35)32-15-16-33(20(2)18-32)24(34)19-38-23-13-9-6-10-14-23/h4-14,20H,1,15-19H2,2-3H3. The number of esters is 1. The molecule has 4 rings (SSSR count). The third kappa shape index (κ3) is 6.05. The van der Waals surface area contributed by atoms with E-state index in [-0.39, 0.29) is 49.5 Å². The zero-order chi connectivity index (χ0) is 27.1. The number of hydrogen-bond donors (Lipinski definition) is 0. The van der Waals surface area contributed by atoms with Crippen molar-refractivity contribution in [3.05, 3.63) is 90.3 Å². The van der Waals surface area contributed by atoms with Gasteiger partial charge in [0, 0.05) is 31.2 Å². The highest BCUT2D eigenvalue weighted by Gasteiger charge is 2.34. The number of carbonyl (C=O) groups excluding carboxylic acids is 3. The van der Waals surface area contributed by atoms with Gasteiger partial charge in [-0.25, -0.2) is 14.8 Å². The maximum absolute atomic E-state index is 13.7. The van der Waals surface area contributed by atoms with Gasteiger partial charge in [-0.1, -0.05) is 61.2 Å². The molecular formula is C29H30N4O5. The Kier molecular flexibility index (Phi) is 8.47. The van der Waals surface area contributed by atoms with Crippen LogP contribution in [0.25, 0.3) is 11.4 Å². The molecule has 38 heavy (non-hydrogen) atoms. The summed E-state index contributed by atoms with van der Waals surface area (Å²) in [7, 11) is 0. The highest BCUT2D eigenvalue weighted by molar-refractivity contribution is 6.05. The normalized spacial score (nSPS) is 15.1. The number of ether oxygens (including phenoxy) is 2. The topological polar surface area (TPSA) is 102 Å². The summed E-state index contributed by atoms with van der Waals surface area (Å²) >= 11 is 0. The maximum atomic E-state index is 13.7. The molecule has 2 amide bonds. The van der Waals surface area contributed by atoms with Crippen LogP contribution in [0.5, 0.6) is 5.75 Å². The number of para-hydroxylation sites is 1. The van der Waals surface area contributed by atoms with Gasteiger partial charge >= 0.3 is 5.97 Å². The molecule has 3 aromatic rings. The van der Waals surface area contributed by atoms with Crippen LogP contribution in [0, 0.1) is 6.92 Å². The van der Waals surface area contributed by atoms with Crippen molar-refractivity contribution >= 4 is 17.8 Å². The average molecular weight is 515 g/mol. The first-order chi connectivity index (χ1) is 18.4. The highest BCUT2D eigenvalue weighted by atomic mass is 16.5. The number of amides is 2. The summed E-state index contributed by atoms with van der Waals surface area (Å²) < 4.78 is 10.8. The Morgan fingerprint density at radius 3 is 2.37 bits per heavy atom. The van der Waals surface area contributed by atoms with Gasteiger partial charge in [0.15, 0.2) is 12.4 Å². The van der Waals surface area contributed by atoms with E-state index in [1.54, 1.807) is 28.9 Å². The SMILES string of the molecule is C=CCOC(=O)c1c(C)nc(-c2ccccc2)nc1C(=O)N1CCN(C(=O)COc2ccccc2)C(C)C1. The van der Waals surface area contributed by atoms with Gasteiger partial charge in [0.05, 0.1) is 5.69 Å². The van der Waals surface area contributed by atoms with E-state index in [9.17, 15) is 14.4 Å². The molecule has 1 aliphatic rings. The van der Waals surface area contributed by atoms with E-state index >= 15 is 0 Å². The zero-order valence-electron chi connectivity index (χ0n) is 21.5. The van der Waals surface area contributed by atoms with Crippen molar-refractivity contribution in [3.8, 4) is 17.1 Å². The lowest BCUT2D eigenvalue weighted by molar-refractivity contribution is -0.137. The van der Waals surface area contributed by atoms with Crippen LogP contribution in [0.15, 0.2) is 73.3 Å². The van der Waals surface area contributed by atoms with E-state index in [0.717, 1.165) is 5.56 Å². The van der Waals surface area contributed by atoms with Crippen LogP contribution in [0.4, 0.5) is 0 Å². The lowest BCUT2D eigenvalue weighted by Gasteiger charge is -2.39. The first-order valence-electron chi connectivity index (χ1n) is 12.4. The molecule has 196 valence electrons. The van der Waals surface area contributed by atoms with Crippen LogP contribution in [0.3, 0.4) is 0 Å². The molecule has 1 atom stereocenters. The third-order valence-corrected chi connectivity index (χ3v) is 6.20. The minimum atomic E-state index is -0.690. The molecule has 9 nitrogen and oxygen atoms in total. The van der Waals surface area contributed by atoms with Gasteiger partial charge in [0.1, 0.15) is 23.6 Å². The lowest BCUT2D eigenvalue weighted by Crippen LogP contribution is -2.56. The molecule has 0 aliphatic carbocycles.